The van der Waals surface area contributed by atoms with Crippen LogP contribution in [-0.4, -0.2) is 19.4 Å². The molecule has 0 saturated heterocycles. The summed E-state index contributed by atoms with van der Waals surface area (Å²) in [5, 5.41) is 9.52. The van der Waals surface area contributed by atoms with Gasteiger partial charge in [-0.05, 0) is 41.2 Å². The maximum absolute atomic E-state index is 11.6. The normalized spacial score (nSPS) is 13.1. The number of benzene rings is 1. The molecule has 0 radical (unpaired) electrons. The summed E-state index contributed by atoms with van der Waals surface area (Å²) in [6.07, 6.45) is 0. The summed E-state index contributed by atoms with van der Waals surface area (Å²) in [6.45, 7) is 16.9. The Labute approximate surface area is 129 Å². The van der Waals surface area contributed by atoms with Gasteiger partial charge in [-0.1, -0.05) is 47.6 Å². The molecule has 0 aliphatic rings. The molecule has 0 spiro atoms. The van der Waals surface area contributed by atoms with Crippen molar-refractivity contribution in [3.8, 4) is 5.75 Å². The summed E-state index contributed by atoms with van der Waals surface area (Å²) in [6, 6.07) is 5.52. The minimum atomic E-state index is -2.05. The fraction of sp³-hybridized carbons (Fsp3) is 0.588. The molecule has 0 atom stereocenters. The summed E-state index contributed by atoms with van der Waals surface area (Å²) < 4.78 is 6.18. The average molecular weight is 308 g/mol. The summed E-state index contributed by atoms with van der Waals surface area (Å²) in [4.78, 5) is 11.6. The first kappa shape index (κ1) is 17.8. The van der Waals surface area contributed by atoms with Crippen LogP contribution in [0.5, 0.6) is 5.75 Å². The molecular weight excluding hydrogens is 280 g/mol. The van der Waals surface area contributed by atoms with Crippen LogP contribution in [0.4, 0.5) is 0 Å². The Balaban J connectivity index is 3.29. The van der Waals surface area contributed by atoms with Gasteiger partial charge in [-0.2, -0.15) is 0 Å². The molecule has 0 aliphatic heterocycles. The Kier molecular flexibility index (Phi) is 4.64. The molecule has 21 heavy (non-hydrogen) atoms. The number of hydrogen-bond donors (Lipinski definition) is 1. The average Bonchev–Trinajstić information content (AvgIpc) is 2.25. The standard InChI is InChI=1S/C17H28O3Si/c1-16(2,3)12-9-10-14(13(11-12)15(18)19)20-21(7,8)17(4,5)6/h9-11H,1-8H3,(H,18,19). The lowest BCUT2D eigenvalue weighted by molar-refractivity contribution is 0.0694. The summed E-state index contributed by atoms with van der Waals surface area (Å²) in [7, 11) is -2.05. The lowest BCUT2D eigenvalue weighted by atomic mass is 9.86. The van der Waals surface area contributed by atoms with Crippen LogP contribution in [0.2, 0.25) is 18.1 Å². The molecule has 0 fully saturated rings. The van der Waals surface area contributed by atoms with Gasteiger partial charge in [0.1, 0.15) is 11.3 Å². The van der Waals surface area contributed by atoms with Crippen LogP contribution < -0.4 is 4.43 Å². The molecular formula is C17H28O3Si. The van der Waals surface area contributed by atoms with E-state index >= 15 is 0 Å². The molecule has 1 N–H and O–H groups in total. The van der Waals surface area contributed by atoms with Gasteiger partial charge in [-0.15, -0.1) is 0 Å². The third kappa shape index (κ3) is 4.10. The second-order valence-corrected chi connectivity index (χ2v) is 12.9. The minimum absolute atomic E-state index is 0.0332. The van der Waals surface area contributed by atoms with Crippen molar-refractivity contribution >= 4 is 14.3 Å². The van der Waals surface area contributed by atoms with Crippen molar-refractivity contribution < 1.29 is 14.3 Å². The van der Waals surface area contributed by atoms with E-state index in [1.54, 1.807) is 6.07 Å². The largest absolute Gasteiger partial charge is 0.543 e. The zero-order valence-corrected chi connectivity index (χ0v) is 15.5. The second-order valence-electron chi connectivity index (χ2n) is 8.13. The Morgan fingerprint density at radius 1 is 1.10 bits per heavy atom. The summed E-state index contributed by atoms with van der Waals surface area (Å²) in [5.74, 6) is -0.447. The minimum Gasteiger partial charge on any atom is -0.543 e. The lowest BCUT2D eigenvalue weighted by Crippen LogP contribution is -2.44. The topological polar surface area (TPSA) is 46.5 Å². The van der Waals surface area contributed by atoms with Crippen LogP contribution >= 0.6 is 0 Å². The van der Waals surface area contributed by atoms with E-state index in [0.717, 1.165) is 5.56 Å². The van der Waals surface area contributed by atoms with Crippen molar-refractivity contribution in [2.45, 2.75) is 65.1 Å². The number of aromatic carboxylic acids is 1. The molecule has 0 bridgehead atoms. The molecule has 1 rings (SSSR count). The van der Waals surface area contributed by atoms with Gasteiger partial charge in [-0.3, -0.25) is 0 Å². The van der Waals surface area contributed by atoms with E-state index in [0.29, 0.717) is 5.75 Å². The van der Waals surface area contributed by atoms with Gasteiger partial charge in [-0.25, -0.2) is 4.79 Å². The fourth-order valence-corrected chi connectivity index (χ4v) is 2.71. The maximum atomic E-state index is 11.6. The Bertz CT molecular complexity index is 534. The van der Waals surface area contributed by atoms with E-state index in [1.165, 1.54) is 0 Å². The monoisotopic (exact) mass is 308 g/mol. The zero-order chi connectivity index (χ0) is 16.6. The molecule has 0 unspecified atom stereocenters. The Morgan fingerprint density at radius 2 is 1.62 bits per heavy atom. The van der Waals surface area contributed by atoms with Crippen LogP contribution in [0.25, 0.3) is 0 Å². The highest BCUT2D eigenvalue weighted by Gasteiger charge is 2.39. The molecule has 0 aromatic heterocycles. The van der Waals surface area contributed by atoms with Crippen LogP contribution in [0.1, 0.15) is 57.5 Å². The van der Waals surface area contributed by atoms with Gasteiger partial charge in [0.25, 0.3) is 8.32 Å². The molecule has 0 aliphatic carbocycles. The van der Waals surface area contributed by atoms with E-state index in [1.807, 2.05) is 12.1 Å². The number of carbonyl (C=O) groups is 1. The summed E-state index contributed by atoms with van der Waals surface area (Å²) >= 11 is 0. The van der Waals surface area contributed by atoms with Crippen LogP contribution in [-0.2, 0) is 5.41 Å². The van der Waals surface area contributed by atoms with E-state index < -0.39 is 14.3 Å². The van der Waals surface area contributed by atoms with E-state index in [9.17, 15) is 9.90 Å². The molecule has 118 valence electrons. The molecule has 3 nitrogen and oxygen atoms in total. The highest BCUT2D eigenvalue weighted by atomic mass is 28.4. The van der Waals surface area contributed by atoms with Gasteiger partial charge < -0.3 is 9.53 Å². The predicted octanol–water partition coefficient (Wildman–Crippen LogP) is 5.07. The first-order chi connectivity index (χ1) is 9.25. The summed E-state index contributed by atoms with van der Waals surface area (Å²) in [5.41, 5.74) is 1.18. The predicted molar refractivity (Wildman–Crippen MR) is 89.9 cm³/mol. The van der Waals surface area contributed by atoms with Gasteiger partial charge in [0.2, 0.25) is 0 Å². The molecule has 1 aromatic carbocycles. The van der Waals surface area contributed by atoms with Crippen molar-refractivity contribution in [3.63, 3.8) is 0 Å². The Hall–Kier alpha value is -1.29. The van der Waals surface area contributed by atoms with Gasteiger partial charge in [0.05, 0.1) is 0 Å². The van der Waals surface area contributed by atoms with E-state index in [-0.39, 0.29) is 16.0 Å². The number of rotatable bonds is 3. The number of hydrogen-bond acceptors (Lipinski definition) is 2. The van der Waals surface area contributed by atoms with Crippen LogP contribution in [0, 0.1) is 0 Å². The third-order valence-electron chi connectivity index (χ3n) is 4.25. The smallest absolute Gasteiger partial charge is 0.339 e. The number of carboxylic acids is 1. The lowest BCUT2D eigenvalue weighted by Gasteiger charge is -2.37. The second kappa shape index (κ2) is 5.48. The van der Waals surface area contributed by atoms with Crippen LogP contribution in [0.15, 0.2) is 18.2 Å². The van der Waals surface area contributed by atoms with Crippen molar-refractivity contribution in [1.29, 1.82) is 0 Å². The SMILES string of the molecule is CC(C)(C)c1ccc(O[Si](C)(C)C(C)(C)C)c(C(=O)O)c1. The number of carboxylic acid groups (broad SMARTS) is 1. The Morgan fingerprint density at radius 3 is 2.00 bits per heavy atom. The fourth-order valence-electron chi connectivity index (χ4n) is 1.68. The highest BCUT2D eigenvalue weighted by molar-refractivity contribution is 6.74. The molecule has 4 heteroatoms. The van der Waals surface area contributed by atoms with Crippen molar-refractivity contribution in [1.82, 2.24) is 0 Å². The van der Waals surface area contributed by atoms with Crippen molar-refractivity contribution in [3.05, 3.63) is 29.3 Å². The third-order valence-corrected chi connectivity index (χ3v) is 8.59. The molecule has 0 amide bonds. The van der Waals surface area contributed by atoms with E-state index in [4.69, 9.17) is 4.43 Å². The first-order valence-electron chi connectivity index (χ1n) is 7.32. The van der Waals surface area contributed by atoms with Crippen molar-refractivity contribution in [2.75, 3.05) is 0 Å². The zero-order valence-electron chi connectivity index (χ0n) is 14.5. The van der Waals surface area contributed by atoms with Gasteiger partial charge in [0.15, 0.2) is 0 Å². The molecule has 1 aromatic rings. The molecule has 0 heterocycles. The maximum Gasteiger partial charge on any atom is 0.339 e. The first-order valence-corrected chi connectivity index (χ1v) is 10.2. The van der Waals surface area contributed by atoms with Gasteiger partial charge in [0, 0.05) is 0 Å². The van der Waals surface area contributed by atoms with E-state index in [2.05, 4.69) is 54.6 Å². The molecule has 0 saturated carbocycles. The van der Waals surface area contributed by atoms with Crippen molar-refractivity contribution in [2.24, 2.45) is 0 Å². The van der Waals surface area contributed by atoms with Gasteiger partial charge >= 0.3 is 5.97 Å². The quantitative estimate of drug-likeness (QED) is 0.793. The highest BCUT2D eigenvalue weighted by Crippen LogP contribution is 2.39. The van der Waals surface area contributed by atoms with Crippen LogP contribution in [0.3, 0.4) is 0 Å².